The van der Waals surface area contributed by atoms with Gasteiger partial charge in [-0.2, -0.15) is 0 Å². The number of nitrogens with one attached hydrogen (secondary N) is 2. The summed E-state index contributed by atoms with van der Waals surface area (Å²) in [6.07, 6.45) is 0. The van der Waals surface area contributed by atoms with Gasteiger partial charge in [-0.15, -0.1) is 12.4 Å². The first-order valence-electron chi connectivity index (χ1n) is 7.99. The molecule has 1 aliphatic rings. The number of benzene rings is 2. The molecule has 0 radical (unpaired) electrons. The lowest BCUT2D eigenvalue weighted by molar-refractivity contribution is 0.102. The Bertz CT molecular complexity index is 716. The highest BCUT2D eigenvalue weighted by atomic mass is 35.5. The molecule has 128 valence electrons. The number of rotatable bonds is 5. The lowest BCUT2D eigenvalue weighted by Crippen LogP contribution is -2.14. The minimum Gasteiger partial charge on any atom is -0.491 e. The van der Waals surface area contributed by atoms with Crippen molar-refractivity contribution in [3.63, 3.8) is 0 Å². The van der Waals surface area contributed by atoms with Crippen LogP contribution in [0.1, 0.15) is 35.3 Å². The van der Waals surface area contributed by atoms with Crippen molar-refractivity contribution in [2.45, 2.75) is 26.9 Å². The zero-order valence-corrected chi connectivity index (χ0v) is 14.8. The van der Waals surface area contributed by atoms with Crippen molar-refractivity contribution >= 4 is 24.0 Å². The van der Waals surface area contributed by atoms with Crippen LogP contribution in [0.3, 0.4) is 0 Å². The Labute approximate surface area is 149 Å². The van der Waals surface area contributed by atoms with Gasteiger partial charge in [-0.05, 0) is 41.3 Å². The fourth-order valence-electron chi connectivity index (χ4n) is 2.58. The lowest BCUT2D eigenvalue weighted by Gasteiger charge is -2.14. The maximum Gasteiger partial charge on any atom is 0.255 e. The summed E-state index contributed by atoms with van der Waals surface area (Å²) in [5.74, 6) is 1.03. The van der Waals surface area contributed by atoms with Crippen LogP contribution in [0, 0.1) is 5.92 Å². The molecule has 5 heteroatoms. The molecule has 0 atom stereocenters. The third-order valence-electron chi connectivity index (χ3n) is 3.81. The molecule has 1 heterocycles. The fourth-order valence-corrected chi connectivity index (χ4v) is 2.58. The van der Waals surface area contributed by atoms with Crippen LogP contribution in [0.2, 0.25) is 0 Å². The normalized spacial score (nSPS) is 12.5. The molecule has 2 aromatic carbocycles. The van der Waals surface area contributed by atoms with Crippen LogP contribution in [-0.2, 0) is 13.1 Å². The van der Waals surface area contributed by atoms with Gasteiger partial charge in [0.2, 0.25) is 0 Å². The number of anilines is 1. The second-order valence-corrected chi connectivity index (χ2v) is 6.24. The molecule has 0 fully saturated rings. The standard InChI is InChI=1S/C19H22N2O2.ClH/c1-13(2)12-23-18-6-4-3-5-17(18)21-19(22)14-7-8-15-10-20-11-16(15)9-14;/h3-9,13,20H,10-12H2,1-2H3,(H,21,22);1H. The molecule has 0 bridgehead atoms. The minimum atomic E-state index is -0.111. The van der Waals surface area contributed by atoms with Gasteiger partial charge in [0.15, 0.2) is 0 Å². The summed E-state index contributed by atoms with van der Waals surface area (Å²) >= 11 is 0. The first-order chi connectivity index (χ1) is 11.1. The molecule has 1 aliphatic heterocycles. The van der Waals surface area contributed by atoms with Gasteiger partial charge in [-0.1, -0.05) is 32.0 Å². The Morgan fingerprint density at radius 2 is 1.92 bits per heavy atom. The van der Waals surface area contributed by atoms with Crippen LogP contribution in [-0.4, -0.2) is 12.5 Å². The first-order valence-corrected chi connectivity index (χ1v) is 7.99. The summed E-state index contributed by atoms with van der Waals surface area (Å²) in [6, 6.07) is 13.4. The summed E-state index contributed by atoms with van der Waals surface area (Å²) in [4.78, 5) is 12.5. The number of para-hydroxylation sites is 2. The Hall–Kier alpha value is -2.04. The highest BCUT2D eigenvalue weighted by molar-refractivity contribution is 6.05. The summed E-state index contributed by atoms with van der Waals surface area (Å²) in [5, 5.41) is 6.25. The molecule has 0 unspecified atom stereocenters. The summed E-state index contributed by atoms with van der Waals surface area (Å²) < 4.78 is 5.78. The smallest absolute Gasteiger partial charge is 0.255 e. The van der Waals surface area contributed by atoms with Gasteiger partial charge >= 0.3 is 0 Å². The van der Waals surface area contributed by atoms with Gasteiger partial charge < -0.3 is 15.4 Å². The molecule has 2 aromatic rings. The lowest BCUT2D eigenvalue weighted by atomic mass is 10.1. The van der Waals surface area contributed by atoms with Gasteiger partial charge in [0.05, 0.1) is 12.3 Å². The van der Waals surface area contributed by atoms with Crippen molar-refractivity contribution < 1.29 is 9.53 Å². The second kappa shape index (κ2) is 8.18. The van der Waals surface area contributed by atoms with Crippen LogP contribution in [0.5, 0.6) is 5.75 Å². The molecule has 2 N–H and O–H groups in total. The SMILES string of the molecule is CC(C)COc1ccccc1NC(=O)c1ccc2c(c1)CNC2.Cl. The Morgan fingerprint density at radius 3 is 2.71 bits per heavy atom. The predicted octanol–water partition coefficient (Wildman–Crippen LogP) is 4.00. The fraction of sp³-hybridized carbons (Fsp3) is 0.316. The Morgan fingerprint density at radius 1 is 1.17 bits per heavy atom. The van der Waals surface area contributed by atoms with Crippen LogP contribution < -0.4 is 15.4 Å². The first kappa shape index (κ1) is 18.3. The van der Waals surface area contributed by atoms with Crippen molar-refractivity contribution in [1.82, 2.24) is 5.32 Å². The number of ether oxygens (including phenoxy) is 1. The Balaban J connectivity index is 0.00000208. The maximum absolute atomic E-state index is 12.5. The number of halogens is 1. The van der Waals surface area contributed by atoms with Crippen LogP contribution in [0.15, 0.2) is 42.5 Å². The summed E-state index contributed by atoms with van der Waals surface area (Å²) in [7, 11) is 0. The third-order valence-corrected chi connectivity index (χ3v) is 3.81. The zero-order chi connectivity index (χ0) is 16.2. The van der Waals surface area contributed by atoms with E-state index in [-0.39, 0.29) is 18.3 Å². The number of hydrogen-bond donors (Lipinski definition) is 2. The molecule has 0 aliphatic carbocycles. The second-order valence-electron chi connectivity index (χ2n) is 6.24. The third kappa shape index (κ3) is 4.28. The molecule has 24 heavy (non-hydrogen) atoms. The van der Waals surface area contributed by atoms with E-state index in [0.29, 0.717) is 29.5 Å². The number of carbonyl (C=O) groups is 1. The molecule has 1 amide bonds. The van der Waals surface area contributed by atoms with E-state index in [1.165, 1.54) is 11.1 Å². The molecular formula is C19H23ClN2O2. The number of carbonyl (C=O) groups excluding carboxylic acids is 1. The quantitative estimate of drug-likeness (QED) is 0.860. The van der Waals surface area contributed by atoms with Gasteiger partial charge in [0.25, 0.3) is 5.91 Å². The minimum absolute atomic E-state index is 0. The van der Waals surface area contributed by atoms with E-state index in [0.717, 1.165) is 13.1 Å². The molecule has 0 saturated carbocycles. The number of fused-ring (bicyclic) bond motifs is 1. The largest absolute Gasteiger partial charge is 0.491 e. The van der Waals surface area contributed by atoms with E-state index in [1.54, 1.807) is 0 Å². The monoisotopic (exact) mass is 346 g/mol. The van der Waals surface area contributed by atoms with Crippen LogP contribution >= 0.6 is 12.4 Å². The molecular weight excluding hydrogens is 324 g/mol. The van der Waals surface area contributed by atoms with E-state index >= 15 is 0 Å². The van der Waals surface area contributed by atoms with Gasteiger partial charge in [0, 0.05) is 18.7 Å². The summed E-state index contributed by atoms with van der Waals surface area (Å²) in [6.45, 7) is 6.52. The van der Waals surface area contributed by atoms with E-state index in [2.05, 4.69) is 24.5 Å². The summed E-state index contributed by atoms with van der Waals surface area (Å²) in [5.41, 5.74) is 3.84. The average Bonchev–Trinajstić information content (AvgIpc) is 3.01. The van der Waals surface area contributed by atoms with Crippen molar-refractivity contribution in [2.75, 3.05) is 11.9 Å². The molecule has 3 rings (SSSR count). The van der Waals surface area contributed by atoms with E-state index in [4.69, 9.17) is 4.74 Å². The zero-order valence-electron chi connectivity index (χ0n) is 14.0. The Kier molecular flexibility index (Phi) is 6.23. The van der Waals surface area contributed by atoms with E-state index < -0.39 is 0 Å². The number of hydrogen-bond acceptors (Lipinski definition) is 3. The van der Waals surface area contributed by atoms with Crippen LogP contribution in [0.25, 0.3) is 0 Å². The van der Waals surface area contributed by atoms with E-state index in [1.807, 2.05) is 42.5 Å². The van der Waals surface area contributed by atoms with Crippen LogP contribution in [0.4, 0.5) is 5.69 Å². The topological polar surface area (TPSA) is 50.4 Å². The predicted molar refractivity (Wildman–Crippen MR) is 99.0 cm³/mol. The highest BCUT2D eigenvalue weighted by Gasteiger charge is 2.15. The maximum atomic E-state index is 12.5. The number of amides is 1. The van der Waals surface area contributed by atoms with Crippen molar-refractivity contribution in [2.24, 2.45) is 5.92 Å². The van der Waals surface area contributed by atoms with E-state index in [9.17, 15) is 4.79 Å². The van der Waals surface area contributed by atoms with Gasteiger partial charge in [-0.25, -0.2) is 0 Å². The van der Waals surface area contributed by atoms with Gasteiger partial charge in [0.1, 0.15) is 5.75 Å². The van der Waals surface area contributed by atoms with Crippen molar-refractivity contribution in [1.29, 1.82) is 0 Å². The molecule has 0 saturated heterocycles. The highest BCUT2D eigenvalue weighted by Crippen LogP contribution is 2.25. The van der Waals surface area contributed by atoms with Gasteiger partial charge in [-0.3, -0.25) is 4.79 Å². The van der Waals surface area contributed by atoms with Crippen molar-refractivity contribution in [3.05, 3.63) is 59.2 Å². The van der Waals surface area contributed by atoms with Crippen molar-refractivity contribution in [3.8, 4) is 5.75 Å². The molecule has 0 aromatic heterocycles. The average molecular weight is 347 g/mol. The molecule has 4 nitrogen and oxygen atoms in total. The molecule has 0 spiro atoms.